The van der Waals surface area contributed by atoms with Gasteiger partial charge in [-0.2, -0.15) is 8.42 Å². The first-order valence-corrected chi connectivity index (χ1v) is 5.00. The minimum absolute atomic E-state index is 0.00991. The molecule has 0 aliphatic rings. The minimum Gasteiger partial charge on any atom is -0.265 e. The van der Waals surface area contributed by atoms with Crippen molar-refractivity contribution in [3.63, 3.8) is 0 Å². The van der Waals surface area contributed by atoms with Gasteiger partial charge in [-0.1, -0.05) is 16.8 Å². The largest absolute Gasteiger partial charge is 0.358 e. The summed E-state index contributed by atoms with van der Waals surface area (Å²) >= 11 is 5.57. The van der Waals surface area contributed by atoms with Gasteiger partial charge < -0.3 is 0 Å². The third kappa shape index (κ3) is 2.43. The molecule has 1 rings (SSSR count). The molecule has 0 aliphatic carbocycles. The highest BCUT2D eigenvalue weighted by molar-refractivity contribution is 7.86. The lowest BCUT2D eigenvalue weighted by Gasteiger charge is -1.99. The third-order valence-electron chi connectivity index (χ3n) is 1.25. The van der Waals surface area contributed by atoms with Crippen molar-refractivity contribution in [2.24, 2.45) is 5.16 Å². The van der Waals surface area contributed by atoms with Crippen LogP contribution in [0.25, 0.3) is 0 Å². The van der Waals surface area contributed by atoms with Gasteiger partial charge in [-0.3, -0.25) is 4.28 Å². The maximum atomic E-state index is 11.1. The Kier molecular flexibility index (Phi) is 2.90. The second-order valence-electron chi connectivity index (χ2n) is 2.11. The zero-order valence-corrected chi connectivity index (χ0v) is 8.05. The normalized spacial score (nSPS) is 10.8. The Morgan fingerprint density at radius 2 is 1.85 bits per heavy atom. The lowest BCUT2D eigenvalue weighted by molar-refractivity contribution is 0.342. The number of hydrogen-bond donors (Lipinski definition) is 0. The number of halogens is 1. The molecule has 1 aromatic carbocycles. The molecule has 0 radical (unpaired) electrons. The van der Waals surface area contributed by atoms with Crippen LogP contribution in [0.2, 0.25) is 5.02 Å². The molecule has 0 spiro atoms. The van der Waals surface area contributed by atoms with Crippen LogP contribution in [0.3, 0.4) is 0 Å². The van der Waals surface area contributed by atoms with E-state index < -0.39 is 10.1 Å². The van der Waals surface area contributed by atoms with Crippen LogP contribution in [-0.2, 0) is 14.4 Å². The van der Waals surface area contributed by atoms with Gasteiger partial charge in [0.2, 0.25) is 0 Å². The van der Waals surface area contributed by atoms with Gasteiger partial charge in [-0.15, -0.1) is 0 Å². The van der Waals surface area contributed by atoms with Gasteiger partial charge in [0, 0.05) is 11.7 Å². The van der Waals surface area contributed by atoms with E-state index in [2.05, 4.69) is 16.2 Å². The van der Waals surface area contributed by atoms with Crippen LogP contribution in [0.1, 0.15) is 0 Å². The fourth-order valence-corrected chi connectivity index (χ4v) is 1.53. The van der Waals surface area contributed by atoms with Crippen molar-refractivity contribution in [2.45, 2.75) is 4.90 Å². The van der Waals surface area contributed by atoms with Gasteiger partial charge in [0.15, 0.2) is 0 Å². The molecule has 4 nitrogen and oxygen atoms in total. The number of benzene rings is 1. The third-order valence-corrected chi connectivity index (χ3v) is 2.66. The zero-order chi connectivity index (χ0) is 9.90. The van der Waals surface area contributed by atoms with Crippen LogP contribution in [0, 0.1) is 0 Å². The quantitative estimate of drug-likeness (QED) is 0.574. The molecule has 0 aromatic heterocycles. The average Bonchev–Trinajstić information content (AvgIpc) is 2.05. The standard InChI is InChI=1S/C7H6ClNO3S/c1-9-12-13(10,11)7-4-2-6(8)3-5-7/h2-5H,1H2. The molecule has 6 heteroatoms. The highest BCUT2D eigenvalue weighted by atomic mass is 35.5. The summed E-state index contributed by atoms with van der Waals surface area (Å²) in [5.41, 5.74) is 0. The molecular formula is C7H6ClNO3S. The number of rotatable bonds is 3. The van der Waals surface area contributed by atoms with Gasteiger partial charge >= 0.3 is 10.1 Å². The number of hydrogen-bond acceptors (Lipinski definition) is 4. The van der Waals surface area contributed by atoms with E-state index >= 15 is 0 Å². The Morgan fingerprint density at radius 1 is 1.31 bits per heavy atom. The SMILES string of the molecule is C=NOS(=O)(=O)c1ccc(Cl)cc1. The van der Waals surface area contributed by atoms with Crippen molar-refractivity contribution in [3.8, 4) is 0 Å². The second kappa shape index (κ2) is 3.76. The summed E-state index contributed by atoms with van der Waals surface area (Å²) in [7, 11) is -3.81. The van der Waals surface area contributed by atoms with Crippen molar-refractivity contribution in [1.29, 1.82) is 0 Å². The Morgan fingerprint density at radius 3 is 2.31 bits per heavy atom. The van der Waals surface area contributed by atoms with Crippen LogP contribution < -0.4 is 0 Å². The van der Waals surface area contributed by atoms with Crippen molar-refractivity contribution >= 4 is 28.4 Å². The molecule has 0 bridgehead atoms. The molecule has 0 saturated carbocycles. The van der Waals surface area contributed by atoms with E-state index in [1.165, 1.54) is 24.3 Å². The molecule has 70 valence electrons. The lowest BCUT2D eigenvalue weighted by atomic mass is 10.4. The molecule has 0 saturated heterocycles. The van der Waals surface area contributed by atoms with Crippen LogP contribution in [0.5, 0.6) is 0 Å². The summed E-state index contributed by atoms with van der Waals surface area (Å²) < 4.78 is 26.4. The van der Waals surface area contributed by atoms with Crippen molar-refractivity contribution < 1.29 is 12.7 Å². The molecule has 0 fully saturated rings. The molecule has 1 aromatic rings. The lowest BCUT2D eigenvalue weighted by Crippen LogP contribution is -2.01. The van der Waals surface area contributed by atoms with Crippen LogP contribution in [0.15, 0.2) is 34.3 Å². The van der Waals surface area contributed by atoms with Crippen molar-refractivity contribution in [1.82, 2.24) is 0 Å². The first kappa shape index (κ1) is 10.0. The van der Waals surface area contributed by atoms with Gasteiger partial charge in [-0.25, -0.2) is 0 Å². The van der Waals surface area contributed by atoms with E-state index in [0.29, 0.717) is 5.02 Å². The fraction of sp³-hybridized carbons (Fsp3) is 0. The molecular weight excluding hydrogens is 214 g/mol. The Bertz CT molecular complexity index is 398. The molecule has 0 N–H and O–H groups in total. The molecule has 0 amide bonds. The van der Waals surface area contributed by atoms with E-state index in [9.17, 15) is 8.42 Å². The Balaban J connectivity index is 3.08. The molecule has 0 heterocycles. The monoisotopic (exact) mass is 219 g/mol. The number of oxime groups is 1. The topological polar surface area (TPSA) is 55.7 Å². The average molecular weight is 220 g/mol. The zero-order valence-electron chi connectivity index (χ0n) is 6.47. The molecule has 0 atom stereocenters. The predicted octanol–water partition coefficient (Wildman–Crippen LogP) is 1.66. The van der Waals surface area contributed by atoms with Crippen LogP contribution in [0.4, 0.5) is 0 Å². The smallest absolute Gasteiger partial charge is 0.265 e. The highest BCUT2D eigenvalue weighted by Gasteiger charge is 2.14. The minimum atomic E-state index is -3.81. The molecule has 0 unspecified atom stereocenters. The van der Waals surface area contributed by atoms with E-state index in [0.717, 1.165) is 0 Å². The molecule has 13 heavy (non-hydrogen) atoms. The summed E-state index contributed by atoms with van der Waals surface area (Å²) in [5.74, 6) is 0. The predicted molar refractivity (Wildman–Crippen MR) is 49.3 cm³/mol. The highest BCUT2D eigenvalue weighted by Crippen LogP contribution is 2.15. The summed E-state index contributed by atoms with van der Waals surface area (Å²) in [4.78, 5) is -0.00991. The van der Waals surface area contributed by atoms with E-state index in [1.807, 2.05) is 0 Å². The van der Waals surface area contributed by atoms with E-state index in [4.69, 9.17) is 11.6 Å². The Labute approximate surface area is 80.9 Å². The van der Waals surface area contributed by atoms with Gasteiger partial charge in [0.1, 0.15) is 4.90 Å². The van der Waals surface area contributed by atoms with Gasteiger partial charge in [-0.05, 0) is 24.3 Å². The van der Waals surface area contributed by atoms with Gasteiger partial charge in [0.25, 0.3) is 0 Å². The van der Waals surface area contributed by atoms with Crippen LogP contribution >= 0.6 is 11.6 Å². The van der Waals surface area contributed by atoms with E-state index in [1.54, 1.807) is 0 Å². The summed E-state index contributed by atoms with van der Waals surface area (Å²) in [6.45, 7) is 2.91. The van der Waals surface area contributed by atoms with Crippen molar-refractivity contribution in [3.05, 3.63) is 29.3 Å². The Hall–Kier alpha value is -1.07. The second-order valence-corrected chi connectivity index (χ2v) is 4.08. The number of nitrogens with zero attached hydrogens (tertiary/aromatic N) is 1. The summed E-state index contributed by atoms with van der Waals surface area (Å²) in [5, 5.41) is 3.28. The van der Waals surface area contributed by atoms with Crippen LogP contribution in [-0.4, -0.2) is 15.1 Å². The maximum absolute atomic E-state index is 11.1. The first-order valence-electron chi connectivity index (χ1n) is 3.21. The summed E-state index contributed by atoms with van der Waals surface area (Å²) in [6.07, 6.45) is 0. The maximum Gasteiger partial charge on any atom is 0.358 e. The van der Waals surface area contributed by atoms with Gasteiger partial charge in [0.05, 0.1) is 0 Å². The van der Waals surface area contributed by atoms with Crippen molar-refractivity contribution in [2.75, 3.05) is 0 Å². The first-order chi connectivity index (χ1) is 6.06. The fourth-order valence-electron chi connectivity index (χ4n) is 0.714. The summed E-state index contributed by atoms with van der Waals surface area (Å²) in [6, 6.07) is 5.54. The van der Waals surface area contributed by atoms with E-state index in [-0.39, 0.29) is 4.90 Å². The molecule has 0 aliphatic heterocycles.